The summed E-state index contributed by atoms with van der Waals surface area (Å²) in [5.74, 6) is -0.446. The summed E-state index contributed by atoms with van der Waals surface area (Å²) in [6.07, 6.45) is 1.69. The van der Waals surface area contributed by atoms with Gasteiger partial charge in [-0.15, -0.1) is 0 Å². The Bertz CT molecular complexity index is 959. The molecule has 1 atom stereocenters. The summed E-state index contributed by atoms with van der Waals surface area (Å²) in [6, 6.07) is 14.2. The molecule has 1 aliphatic rings. The fourth-order valence-corrected chi connectivity index (χ4v) is 3.77. The van der Waals surface area contributed by atoms with Crippen LogP contribution < -0.4 is 4.74 Å². The molecule has 1 saturated heterocycles. The van der Waals surface area contributed by atoms with E-state index in [1.807, 2.05) is 31.2 Å². The van der Waals surface area contributed by atoms with Crippen molar-refractivity contribution < 1.29 is 19.4 Å². The first-order valence-electron chi connectivity index (χ1n) is 10.4. The molecule has 158 valence electrons. The van der Waals surface area contributed by atoms with E-state index >= 15 is 0 Å². The van der Waals surface area contributed by atoms with Crippen LogP contribution in [-0.4, -0.2) is 35.4 Å². The van der Waals surface area contributed by atoms with E-state index in [4.69, 9.17) is 4.74 Å². The van der Waals surface area contributed by atoms with Gasteiger partial charge in [0.05, 0.1) is 18.7 Å². The van der Waals surface area contributed by atoms with Crippen LogP contribution in [-0.2, 0) is 9.59 Å². The van der Waals surface area contributed by atoms with E-state index in [1.54, 1.807) is 36.3 Å². The first kappa shape index (κ1) is 21.6. The maximum atomic E-state index is 13.0. The molecule has 5 heteroatoms. The molecule has 1 amide bonds. The molecule has 1 N–H and O–H groups in total. The number of amides is 1. The minimum absolute atomic E-state index is 0.127. The second-order valence-corrected chi connectivity index (χ2v) is 7.90. The summed E-state index contributed by atoms with van der Waals surface area (Å²) in [5.41, 5.74) is 2.57. The van der Waals surface area contributed by atoms with Gasteiger partial charge in [-0.2, -0.15) is 0 Å². The minimum Gasteiger partial charge on any atom is -0.507 e. The van der Waals surface area contributed by atoms with Crippen LogP contribution in [0.1, 0.15) is 62.3 Å². The van der Waals surface area contributed by atoms with Crippen LogP contribution in [0, 0.1) is 0 Å². The average molecular weight is 408 g/mol. The Morgan fingerprint density at radius 1 is 1.13 bits per heavy atom. The Labute approximate surface area is 178 Å². The number of likely N-dealkylation sites (tertiary alicyclic amines) is 1. The maximum Gasteiger partial charge on any atom is 0.295 e. The average Bonchev–Trinajstić information content (AvgIpc) is 3.01. The largest absolute Gasteiger partial charge is 0.507 e. The van der Waals surface area contributed by atoms with Gasteiger partial charge in [0.1, 0.15) is 11.5 Å². The number of methoxy groups -OCH3 is 1. The van der Waals surface area contributed by atoms with Crippen molar-refractivity contribution >= 4 is 17.4 Å². The number of carbonyl (C=O) groups is 2. The number of nitrogens with zero attached hydrogens (tertiary/aromatic N) is 1. The van der Waals surface area contributed by atoms with Gasteiger partial charge >= 0.3 is 0 Å². The summed E-state index contributed by atoms with van der Waals surface area (Å²) < 4.78 is 5.24. The quantitative estimate of drug-likeness (QED) is 0.397. The van der Waals surface area contributed by atoms with Crippen molar-refractivity contribution in [2.24, 2.45) is 0 Å². The monoisotopic (exact) mass is 407 g/mol. The number of Topliss-reactive ketones (excluding diaryl/α,β-unsaturated/α-hetero) is 1. The van der Waals surface area contributed by atoms with Crippen LogP contribution >= 0.6 is 0 Å². The molecular weight excluding hydrogens is 378 g/mol. The minimum atomic E-state index is -0.649. The molecule has 3 rings (SSSR count). The van der Waals surface area contributed by atoms with E-state index in [0.29, 0.717) is 23.8 Å². The van der Waals surface area contributed by atoms with Crippen molar-refractivity contribution in [3.63, 3.8) is 0 Å². The predicted octanol–water partition coefficient (Wildman–Crippen LogP) is 5.04. The molecule has 0 aliphatic carbocycles. The number of hydrogen-bond acceptors (Lipinski definition) is 4. The van der Waals surface area contributed by atoms with Crippen molar-refractivity contribution in [3.8, 4) is 5.75 Å². The number of aliphatic hydroxyl groups excluding tert-OH is 1. The molecule has 2 aromatic rings. The lowest BCUT2D eigenvalue weighted by molar-refractivity contribution is -0.139. The van der Waals surface area contributed by atoms with Crippen LogP contribution in [0.15, 0.2) is 54.1 Å². The Kier molecular flexibility index (Phi) is 6.60. The van der Waals surface area contributed by atoms with E-state index in [1.165, 1.54) is 5.56 Å². The lowest BCUT2D eigenvalue weighted by Crippen LogP contribution is -2.30. The number of ketones is 1. The molecule has 1 unspecified atom stereocenters. The molecule has 1 aliphatic heterocycles. The maximum absolute atomic E-state index is 13.0. The third-order valence-corrected chi connectivity index (χ3v) is 5.55. The van der Waals surface area contributed by atoms with Crippen molar-refractivity contribution in [1.82, 2.24) is 4.90 Å². The zero-order chi connectivity index (χ0) is 21.8. The number of benzene rings is 2. The highest BCUT2D eigenvalue weighted by atomic mass is 16.5. The van der Waals surface area contributed by atoms with Crippen LogP contribution in [0.25, 0.3) is 5.76 Å². The second-order valence-electron chi connectivity index (χ2n) is 7.90. The van der Waals surface area contributed by atoms with E-state index in [9.17, 15) is 14.7 Å². The summed E-state index contributed by atoms with van der Waals surface area (Å²) >= 11 is 0. The van der Waals surface area contributed by atoms with Gasteiger partial charge in [0.2, 0.25) is 0 Å². The zero-order valence-corrected chi connectivity index (χ0v) is 18.0. The third kappa shape index (κ3) is 4.11. The Morgan fingerprint density at radius 2 is 1.83 bits per heavy atom. The Hall–Kier alpha value is -3.08. The van der Waals surface area contributed by atoms with Crippen molar-refractivity contribution in [3.05, 3.63) is 70.8 Å². The number of unbranched alkanes of at least 4 members (excludes halogenated alkanes) is 1. The zero-order valence-electron chi connectivity index (χ0n) is 18.0. The van der Waals surface area contributed by atoms with Crippen LogP contribution in [0.3, 0.4) is 0 Å². The van der Waals surface area contributed by atoms with Gasteiger partial charge in [-0.25, -0.2) is 0 Å². The smallest absolute Gasteiger partial charge is 0.295 e. The van der Waals surface area contributed by atoms with Crippen molar-refractivity contribution in [2.45, 2.75) is 45.6 Å². The lowest BCUT2D eigenvalue weighted by atomic mass is 9.93. The summed E-state index contributed by atoms with van der Waals surface area (Å²) in [7, 11) is 1.54. The summed E-state index contributed by atoms with van der Waals surface area (Å²) in [4.78, 5) is 27.4. The molecule has 30 heavy (non-hydrogen) atoms. The number of hydrogen-bond donors (Lipinski definition) is 1. The SMILES string of the molecule is CCCCN1C(=O)C(=O)/C(=C(\O)c2cccc(OC)c2)C1c1ccc(C(C)C)cc1. The fraction of sp³-hybridized carbons (Fsp3) is 0.360. The lowest BCUT2D eigenvalue weighted by Gasteiger charge is -2.25. The standard InChI is InChI=1S/C25H29NO4/c1-5-6-14-26-22(18-12-10-17(11-13-18)16(2)3)21(24(28)25(26)29)23(27)19-8-7-9-20(15-19)30-4/h7-13,15-16,22,27H,5-6,14H2,1-4H3/b23-21-. The normalized spacial score (nSPS) is 18.3. The van der Waals surface area contributed by atoms with E-state index in [2.05, 4.69) is 13.8 Å². The van der Waals surface area contributed by atoms with E-state index in [0.717, 1.165) is 18.4 Å². The van der Waals surface area contributed by atoms with Crippen molar-refractivity contribution in [1.29, 1.82) is 0 Å². The molecule has 0 aromatic heterocycles. The van der Waals surface area contributed by atoms with Crippen LogP contribution in [0.4, 0.5) is 0 Å². The Balaban J connectivity index is 2.14. The summed E-state index contributed by atoms with van der Waals surface area (Å²) in [5, 5.41) is 11.1. The predicted molar refractivity (Wildman–Crippen MR) is 117 cm³/mol. The molecule has 0 saturated carbocycles. The number of aliphatic hydroxyl groups is 1. The van der Waals surface area contributed by atoms with Gasteiger partial charge in [0, 0.05) is 12.1 Å². The molecule has 0 radical (unpaired) electrons. The van der Waals surface area contributed by atoms with Gasteiger partial charge in [-0.05, 0) is 35.6 Å². The first-order chi connectivity index (χ1) is 14.4. The number of ether oxygens (including phenoxy) is 1. The highest BCUT2D eigenvalue weighted by Crippen LogP contribution is 2.40. The van der Waals surface area contributed by atoms with Crippen molar-refractivity contribution in [2.75, 3.05) is 13.7 Å². The van der Waals surface area contributed by atoms with Gasteiger partial charge in [-0.1, -0.05) is 63.6 Å². The van der Waals surface area contributed by atoms with Gasteiger partial charge < -0.3 is 14.7 Å². The number of carbonyl (C=O) groups excluding carboxylic acids is 2. The number of rotatable bonds is 7. The Morgan fingerprint density at radius 3 is 2.43 bits per heavy atom. The second kappa shape index (κ2) is 9.16. The van der Waals surface area contributed by atoms with Gasteiger partial charge in [-0.3, -0.25) is 9.59 Å². The van der Waals surface area contributed by atoms with E-state index < -0.39 is 17.7 Å². The third-order valence-electron chi connectivity index (χ3n) is 5.55. The molecular formula is C25H29NO4. The van der Waals surface area contributed by atoms with Crippen LogP contribution in [0.2, 0.25) is 0 Å². The fourth-order valence-electron chi connectivity index (χ4n) is 3.77. The van der Waals surface area contributed by atoms with E-state index in [-0.39, 0.29) is 11.3 Å². The highest BCUT2D eigenvalue weighted by Gasteiger charge is 2.45. The van der Waals surface area contributed by atoms with Gasteiger partial charge in [0.25, 0.3) is 11.7 Å². The molecule has 1 fully saturated rings. The molecule has 2 aromatic carbocycles. The molecule has 5 nitrogen and oxygen atoms in total. The topological polar surface area (TPSA) is 66.8 Å². The highest BCUT2D eigenvalue weighted by molar-refractivity contribution is 6.46. The molecule has 0 bridgehead atoms. The van der Waals surface area contributed by atoms with Crippen LogP contribution in [0.5, 0.6) is 5.75 Å². The molecule has 0 spiro atoms. The first-order valence-corrected chi connectivity index (χ1v) is 10.4. The van der Waals surface area contributed by atoms with Gasteiger partial charge in [0.15, 0.2) is 0 Å². The molecule has 1 heterocycles. The summed E-state index contributed by atoms with van der Waals surface area (Å²) in [6.45, 7) is 6.74.